The van der Waals surface area contributed by atoms with Gasteiger partial charge < -0.3 is 10.6 Å². The first-order chi connectivity index (χ1) is 7.85. The van der Waals surface area contributed by atoms with Crippen LogP contribution >= 0.6 is 40.7 Å². The fraction of sp³-hybridized carbons (Fsp3) is 0.500. The van der Waals surface area contributed by atoms with Gasteiger partial charge in [-0.1, -0.05) is 13.8 Å². The van der Waals surface area contributed by atoms with Crippen molar-refractivity contribution in [3.8, 4) is 0 Å². The van der Waals surface area contributed by atoms with Gasteiger partial charge in [0.25, 0.3) is 5.91 Å². The average Bonchev–Trinajstić information content (AvgIpc) is 2.28. The molecule has 1 amide bonds. The van der Waals surface area contributed by atoms with Gasteiger partial charge in [-0.25, -0.2) is 4.98 Å². The summed E-state index contributed by atoms with van der Waals surface area (Å²) in [6, 6.07) is 3.51. The summed E-state index contributed by atoms with van der Waals surface area (Å²) in [6.45, 7) is 5.22. The maximum atomic E-state index is 12.1. The smallest absolute Gasteiger partial charge is 0.272 e. The Morgan fingerprint density at radius 2 is 2.00 bits per heavy atom. The summed E-state index contributed by atoms with van der Waals surface area (Å²) in [6.07, 6.45) is 1.62. The molecule has 0 aliphatic heterocycles. The van der Waals surface area contributed by atoms with Gasteiger partial charge in [-0.15, -0.1) is 24.8 Å². The molecular weight excluding hydrogens is 353 g/mol. The number of nitrogens with zero attached hydrogens (tertiary/aromatic N) is 2. The van der Waals surface area contributed by atoms with Crippen molar-refractivity contribution in [1.29, 1.82) is 0 Å². The zero-order valence-corrected chi connectivity index (χ0v) is 14.4. The molecule has 110 valence electrons. The number of carbonyl (C=O) groups is 1. The Labute approximate surface area is 135 Å². The molecule has 4 nitrogen and oxygen atoms in total. The Hall–Kier alpha value is -0.360. The molecule has 0 radical (unpaired) electrons. The summed E-state index contributed by atoms with van der Waals surface area (Å²) in [4.78, 5) is 17.8. The molecule has 0 atom stereocenters. The van der Waals surface area contributed by atoms with Crippen LogP contribution in [-0.4, -0.2) is 35.9 Å². The molecule has 1 heterocycles. The van der Waals surface area contributed by atoms with Crippen molar-refractivity contribution in [1.82, 2.24) is 9.88 Å². The minimum absolute atomic E-state index is 0. The maximum Gasteiger partial charge on any atom is 0.272 e. The molecule has 1 aromatic rings. The van der Waals surface area contributed by atoms with Gasteiger partial charge in [0.05, 0.1) is 0 Å². The van der Waals surface area contributed by atoms with Crippen molar-refractivity contribution in [3.63, 3.8) is 0 Å². The number of nitrogens with two attached hydrogens (primary N) is 1. The number of amides is 1. The van der Waals surface area contributed by atoms with Gasteiger partial charge in [-0.05, 0) is 40.0 Å². The largest absolute Gasteiger partial charge is 0.340 e. The van der Waals surface area contributed by atoms with Gasteiger partial charge in [0, 0.05) is 24.3 Å². The number of carbonyl (C=O) groups excluding carboxylic acids is 1. The van der Waals surface area contributed by atoms with E-state index < -0.39 is 0 Å². The number of pyridine rings is 1. The minimum Gasteiger partial charge on any atom is -0.340 e. The molecule has 0 bridgehead atoms. The average molecular weight is 373 g/mol. The number of rotatable bonds is 4. The van der Waals surface area contributed by atoms with Crippen molar-refractivity contribution in [3.05, 3.63) is 28.5 Å². The van der Waals surface area contributed by atoms with Crippen LogP contribution < -0.4 is 5.73 Å². The van der Waals surface area contributed by atoms with Crippen LogP contribution in [0, 0.1) is 5.41 Å². The van der Waals surface area contributed by atoms with Crippen LogP contribution in [0.1, 0.15) is 24.3 Å². The summed E-state index contributed by atoms with van der Waals surface area (Å²) >= 11 is 3.29. The highest BCUT2D eigenvalue weighted by atomic mass is 79.9. The Morgan fingerprint density at radius 3 is 2.42 bits per heavy atom. The van der Waals surface area contributed by atoms with Crippen LogP contribution in [-0.2, 0) is 0 Å². The first-order valence-corrected chi connectivity index (χ1v) is 6.22. The summed E-state index contributed by atoms with van der Waals surface area (Å²) in [5.41, 5.74) is 6.02. The van der Waals surface area contributed by atoms with Crippen molar-refractivity contribution >= 4 is 46.7 Å². The molecule has 0 aliphatic rings. The first-order valence-electron chi connectivity index (χ1n) is 5.43. The van der Waals surface area contributed by atoms with E-state index in [4.69, 9.17) is 5.73 Å². The van der Waals surface area contributed by atoms with Gasteiger partial charge in [0.2, 0.25) is 0 Å². The second-order valence-corrected chi connectivity index (χ2v) is 5.81. The molecule has 19 heavy (non-hydrogen) atoms. The lowest BCUT2D eigenvalue weighted by atomic mass is 9.93. The van der Waals surface area contributed by atoms with E-state index in [2.05, 4.69) is 20.9 Å². The Bertz CT molecular complexity index is 398. The molecule has 0 aromatic carbocycles. The van der Waals surface area contributed by atoms with Gasteiger partial charge in [-0.3, -0.25) is 4.79 Å². The minimum atomic E-state index is -0.0842. The summed E-state index contributed by atoms with van der Waals surface area (Å²) in [5.74, 6) is -0.0842. The Kier molecular flexibility index (Phi) is 9.64. The Balaban J connectivity index is 0. The van der Waals surface area contributed by atoms with E-state index in [1.54, 1.807) is 24.2 Å². The molecule has 0 spiro atoms. The maximum absolute atomic E-state index is 12.1. The quantitative estimate of drug-likeness (QED) is 0.883. The zero-order valence-electron chi connectivity index (χ0n) is 11.2. The van der Waals surface area contributed by atoms with E-state index in [0.29, 0.717) is 18.8 Å². The highest BCUT2D eigenvalue weighted by Crippen LogP contribution is 2.15. The van der Waals surface area contributed by atoms with Gasteiger partial charge >= 0.3 is 0 Å². The first kappa shape index (κ1) is 20.9. The third-order valence-electron chi connectivity index (χ3n) is 2.51. The van der Waals surface area contributed by atoms with Crippen LogP contribution in [0.2, 0.25) is 0 Å². The molecular formula is C12H20BrCl2N3O. The van der Waals surface area contributed by atoms with E-state index in [-0.39, 0.29) is 36.1 Å². The van der Waals surface area contributed by atoms with Crippen molar-refractivity contribution in [2.75, 3.05) is 20.1 Å². The normalized spacial score (nSPS) is 10.2. The summed E-state index contributed by atoms with van der Waals surface area (Å²) in [5, 5.41) is 0. The van der Waals surface area contributed by atoms with Gasteiger partial charge in [0.15, 0.2) is 0 Å². The standard InChI is InChI=1S/C12H18BrN3O.2ClH/c1-12(2,7-14)8-16(3)11(17)10-5-4-9(13)6-15-10;;/h4-6H,7-8,14H2,1-3H3;2*1H. The number of halogens is 3. The lowest BCUT2D eigenvalue weighted by Gasteiger charge is -2.28. The lowest BCUT2D eigenvalue weighted by Crippen LogP contribution is -2.40. The molecule has 1 aromatic heterocycles. The van der Waals surface area contributed by atoms with Crippen molar-refractivity contribution < 1.29 is 4.79 Å². The van der Waals surface area contributed by atoms with Crippen LogP contribution in [0.25, 0.3) is 0 Å². The molecule has 2 N–H and O–H groups in total. The van der Waals surface area contributed by atoms with Crippen LogP contribution in [0.3, 0.4) is 0 Å². The van der Waals surface area contributed by atoms with Crippen LogP contribution in [0.5, 0.6) is 0 Å². The van der Waals surface area contributed by atoms with Crippen LogP contribution in [0.15, 0.2) is 22.8 Å². The van der Waals surface area contributed by atoms with Crippen molar-refractivity contribution in [2.24, 2.45) is 11.1 Å². The second kappa shape index (κ2) is 8.74. The fourth-order valence-electron chi connectivity index (χ4n) is 1.48. The highest BCUT2D eigenvalue weighted by molar-refractivity contribution is 9.10. The zero-order chi connectivity index (χ0) is 13.1. The third-order valence-corrected chi connectivity index (χ3v) is 2.98. The predicted molar refractivity (Wildman–Crippen MR) is 86.2 cm³/mol. The van der Waals surface area contributed by atoms with Gasteiger partial charge in [-0.2, -0.15) is 0 Å². The lowest BCUT2D eigenvalue weighted by molar-refractivity contribution is 0.0734. The molecule has 0 saturated heterocycles. The van der Waals surface area contributed by atoms with E-state index in [1.807, 2.05) is 19.9 Å². The molecule has 1 rings (SSSR count). The number of aromatic nitrogens is 1. The van der Waals surface area contributed by atoms with E-state index in [0.717, 1.165) is 4.47 Å². The molecule has 0 aliphatic carbocycles. The third kappa shape index (κ3) is 6.56. The summed E-state index contributed by atoms with van der Waals surface area (Å²) < 4.78 is 0.860. The fourth-order valence-corrected chi connectivity index (χ4v) is 1.71. The monoisotopic (exact) mass is 371 g/mol. The van der Waals surface area contributed by atoms with Crippen LogP contribution in [0.4, 0.5) is 0 Å². The molecule has 7 heteroatoms. The topological polar surface area (TPSA) is 59.2 Å². The highest BCUT2D eigenvalue weighted by Gasteiger charge is 2.22. The molecule has 0 fully saturated rings. The van der Waals surface area contributed by atoms with E-state index in [9.17, 15) is 4.79 Å². The SMILES string of the molecule is CN(CC(C)(C)CN)C(=O)c1ccc(Br)cn1.Cl.Cl. The Morgan fingerprint density at radius 1 is 1.42 bits per heavy atom. The van der Waals surface area contributed by atoms with Crippen molar-refractivity contribution in [2.45, 2.75) is 13.8 Å². The molecule has 0 unspecified atom stereocenters. The predicted octanol–water partition coefficient (Wildman–Crippen LogP) is 2.74. The summed E-state index contributed by atoms with van der Waals surface area (Å²) in [7, 11) is 1.77. The number of hydrogen-bond acceptors (Lipinski definition) is 3. The van der Waals surface area contributed by atoms with E-state index >= 15 is 0 Å². The number of hydrogen-bond donors (Lipinski definition) is 1. The molecule has 0 saturated carbocycles. The van der Waals surface area contributed by atoms with E-state index in [1.165, 1.54) is 0 Å². The second-order valence-electron chi connectivity index (χ2n) is 4.89. The van der Waals surface area contributed by atoms with Gasteiger partial charge in [0.1, 0.15) is 5.69 Å².